The Morgan fingerprint density at radius 1 is 1.09 bits per heavy atom. The van der Waals surface area contributed by atoms with Gasteiger partial charge in [-0.1, -0.05) is 38.1 Å². The van der Waals surface area contributed by atoms with Gasteiger partial charge in [0.05, 0.1) is 18.6 Å². The first-order chi connectivity index (χ1) is 10.9. The summed E-state index contributed by atoms with van der Waals surface area (Å²) < 4.78 is 17.6. The van der Waals surface area contributed by atoms with Gasteiger partial charge in [0.2, 0.25) is 0 Å². The first-order valence-corrected chi connectivity index (χ1v) is 8.07. The van der Waals surface area contributed by atoms with Gasteiger partial charge in [0.15, 0.2) is 12.1 Å². The molecule has 0 aromatic heterocycles. The van der Waals surface area contributed by atoms with Crippen molar-refractivity contribution in [2.24, 2.45) is 16.7 Å². The number of Topliss-reactive ketones (excluding diaryl/α,β-unsaturated/α-hetero) is 1. The SMILES string of the molecule is COc1ccc([C@H]2O[C@H]3[C@H]4C=C[C@](C)(C(=O)C4(C)C)[C@H]3O2)cc1. The molecule has 1 aromatic rings. The Balaban J connectivity index is 1.66. The van der Waals surface area contributed by atoms with Crippen molar-refractivity contribution in [3.63, 3.8) is 0 Å². The maximum absolute atomic E-state index is 12.9. The Morgan fingerprint density at radius 3 is 2.43 bits per heavy atom. The minimum atomic E-state index is -0.607. The van der Waals surface area contributed by atoms with Crippen LogP contribution in [0.5, 0.6) is 5.75 Å². The van der Waals surface area contributed by atoms with Gasteiger partial charge < -0.3 is 14.2 Å². The highest BCUT2D eigenvalue weighted by Gasteiger charge is 2.65. The summed E-state index contributed by atoms with van der Waals surface area (Å²) in [7, 11) is 1.64. The minimum absolute atomic E-state index is 0.0603. The average Bonchev–Trinajstić information content (AvgIpc) is 2.99. The summed E-state index contributed by atoms with van der Waals surface area (Å²) in [4.78, 5) is 12.9. The molecular weight excluding hydrogens is 292 g/mol. The van der Waals surface area contributed by atoms with Crippen LogP contribution in [0, 0.1) is 16.7 Å². The number of benzene rings is 1. The van der Waals surface area contributed by atoms with Crippen LogP contribution in [0.1, 0.15) is 32.6 Å². The molecule has 0 amide bonds. The number of ketones is 1. The molecule has 0 unspecified atom stereocenters. The van der Waals surface area contributed by atoms with E-state index < -0.39 is 17.1 Å². The molecule has 2 bridgehead atoms. The van der Waals surface area contributed by atoms with E-state index in [0.717, 1.165) is 11.3 Å². The molecule has 1 aromatic carbocycles. The van der Waals surface area contributed by atoms with Gasteiger partial charge in [0, 0.05) is 16.9 Å². The molecule has 1 saturated heterocycles. The van der Waals surface area contributed by atoms with E-state index >= 15 is 0 Å². The van der Waals surface area contributed by atoms with Crippen molar-refractivity contribution in [3.8, 4) is 5.75 Å². The number of carbonyl (C=O) groups excluding carboxylic acids is 1. The van der Waals surface area contributed by atoms with Crippen LogP contribution in [-0.2, 0) is 14.3 Å². The van der Waals surface area contributed by atoms with Gasteiger partial charge in [0.25, 0.3) is 0 Å². The van der Waals surface area contributed by atoms with E-state index in [0.29, 0.717) is 0 Å². The predicted octanol–water partition coefficient (Wildman–Crippen LogP) is 3.28. The second-order valence-corrected chi connectivity index (χ2v) is 7.48. The summed E-state index contributed by atoms with van der Waals surface area (Å²) in [5.74, 6) is 1.11. The van der Waals surface area contributed by atoms with Gasteiger partial charge in [-0.15, -0.1) is 0 Å². The maximum atomic E-state index is 12.9. The lowest BCUT2D eigenvalue weighted by atomic mass is 9.52. The largest absolute Gasteiger partial charge is 0.497 e. The summed E-state index contributed by atoms with van der Waals surface area (Å²) in [5.41, 5.74) is -0.0686. The monoisotopic (exact) mass is 314 g/mol. The van der Waals surface area contributed by atoms with Crippen molar-refractivity contribution in [2.75, 3.05) is 7.11 Å². The fourth-order valence-corrected chi connectivity index (χ4v) is 4.34. The molecule has 122 valence electrons. The molecule has 1 aliphatic heterocycles. The van der Waals surface area contributed by atoms with E-state index in [4.69, 9.17) is 14.2 Å². The lowest BCUT2D eigenvalue weighted by molar-refractivity contribution is -0.156. The molecule has 5 atom stereocenters. The van der Waals surface area contributed by atoms with Crippen LogP contribution >= 0.6 is 0 Å². The maximum Gasteiger partial charge on any atom is 0.184 e. The third kappa shape index (κ3) is 1.88. The van der Waals surface area contributed by atoms with Crippen molar-refractivity contribution >= 4 is 5.78 Å². The Hall–Kier alpha value is -1.65. The zero-order valence-corrected chi connectivity index (χ0v) is 13.9. The van der Waals surface area contributed by atoms with Gasteiger partial charge >= 0.3 is 0 Å². The van der Waals surface area contributed by atoms with Crippen molar-refractivity contribution in [1.82, 2.24) is 0 Å². The van der Waals surface area contributed by atoms with Crippen molar-refractivity contribution in [1.29, 1.82) is 0 Å². The van der Waals surface area contributed by atoms with E-state index in [1.807, 2.05) is 51.1 Å². The molecule has 0 radical (unpaired) electrons. The highest BCUT2D eigenvalue weighted by atomic mass is 16.7. The van der Waals surface area contributed by atoms with E-state index in [1.165, 1.54) is 0 Å². The number of hydrogen-bond donors (Lipinski definition) is 0. The smallest absolute Gasteiger partial charge is 0.184 e. The summed E-state index contributed by atoms with van der Waals surface area (Å²) in [5, 5.41) is 0. The van der Waals surface area contributed by atoms with Gasteiger partial charge in [-0.3, -0.25) is 4.79 Å². The standard InChI is InChI=1S/C19H22O4/c1-18(2)13-9-10-19(3,17(18)20)15-14(13)22-16(23-15)11-5-7-12(21-4)8-6-11/h5-10,13-16H,1-4H3/t13-,14+,15+,16+,19+/m1/s1. The van der Waals surface area contributed by atoms with Crippen LogP contribution in [0.4, 0.5) is 0 Å². The average molecular weight is 314 g/mol. The van der Waals surface area contributed by atoms with Crippen molar-refractivity contribution in [2.45, 2.75) is 39.3 Å². The van der Waals surface area contributed by atoms with Gasteiger partial charge in [-0.2, -0.15) is 0 Å². The normalized spacial score (nSPS) is 40.3. The second kappa shape index (κ2) is 4.68. The molecule has 2 fully saturated rings. The Bertz CT molecular complexity index is 675. The van der Waals surface area contributed by atoms with E-state index in [-0.39, 0.29) is 23.9 Å². The number of methoxy groups -OCH3 is 1. The molecule has 0 N–H and O–H groups in total. The molecule has 3 aliphatic carbocycles. The fraction of sp³-hybridized carbons (Fsp3) is 0.526. The molecule has 1 heterocycles. The quantitative estimate of drug-likeness (QED) is 0.786. The predicted molar refractivity (Wildman–Crippen MR) is 85.0 cm³/mol. The van der Waals surface area contributed by atoms with Gasteiger partial charge in [-0.05, 0) is 19.1 Å². The fourth-order valence-electron chi connectivity index (χ4n) is 4.34. The van der Waals surface area contributed by atoms with E-state index in [9.17, 15) is 4.79 Å². The number of carbonyl (C=O) groups is 1. The van der Waals surface area contributed by atoms with Crippen LogP contribution < -0.4 is 4.74 Å². The number of rotatable bonds is 2. The van der Waals surface area contributed by atoms with Crippen molar-refractivity contribution in [3.05, 3.63) is 42.0 Å². The summed E-state index contributed by atoms with van der Waals surface area (Å²) in [6.07, 6.45) is 3.43. The number of hydrogen-bond acceptors (Lipinski definition) is 4. The third-order valence-corrected chi connectivity index (χ3v) is 5.74. The zero-order chi connectivity index (χ0) is 16.4. The summed E-state index contributed by atoms with van der Waals surface area (Å²) in [6.45, 7) is 6.00. The highest BCUT2D eigenvalue weighted by Crippen LogP contribution is 2.58. The van der Waals surface area contributed by atoms with Crippen LogP contribution in [0.15, 0.2) is 36.4 Å². The summed E-state index contributed by atoms with van der Waals surface area (Å²) in [6, 6.07) is 7.69. The topological polar surface area (TPSA) is 44.8 Å². The van der Waals surface area contributed by atoms with Crippen LogP contribution in [-0.4, -0.2) is 25.1 Å². The third-order valence-electron chi connectivity index (χ3n) is 5.74. The lowest BCUT2D eigenvalue weighted by Crippen LogP contribution is -2.62. The molecule has 0 spiro atoms. The van der Waals surface area contributed by atoms with Crippen LogP contribution in [0.25, 0.3) is 0 Å². The minimum Gasteiger partial charge on any atom is -0.497 e. The van der Waals surface area contributed by atoms with Gasteiger partial charge in [-0.25, -0.2) is 0 Å². The molecule has 23 heavy (non-hydrogen) atoms. The molecular formula is C19H22O4. The number of fused-ring (bicyclic) bond motifs is 1. The second-order valence-electron chi connectivity index (χ2n) is 7.48. The molecule has 1 saturated carbocycles. The van der Waals surface area contributed by atoms with Crippen LogP contribution in [0.3, 0.4) is 0 Å². The van der Waals surface area contributed by atoms with E-state index in [2.05, 4.69) is 6.08 Å². The zero-order valence-electron chi connectivity index (χ0n) is 13.9. The molecule has 5 rings (SSSR count). The molecule has 4 nitrogen and oxygen atoms in total. The Kier molecular flexibility index (Phi) is 3.03. The Labute approximate surface area is 136 Å². The summed E-state index contributed by atoms with van der Waals surface area (Å²) >= 11 is 0. The van der Waals surface area contributed by atoms with Crippen molar-refractivity contribution < 1.29 is 19.0 Å². The molecule has 4 aliphatic rings. The lowest BCUT2D eigenvalue weighted by Gasteiger charge is -2.53. The van der Waals surface area contributed by atoms with E-state index in [1.54, 1.807) is 7.11 Å². The molecule has 4 heteroatoms. The highest BCUT2D eigenvalue weighted by molar-refractivity contribution is 5.94. The Morgan fingerprint density at radius 2 is 1.78 bits per heavy atom. The number of ether oxygens (including phenoxy) is 3. The van der Waals surface area contributed by atoms with Gasteiger partial charge in [0.1, 0.15) is 11.9 Å². The first kappa shape index (κ1) is 14.9. The van der Waals surface area contributed by atoms with Crippen LogP contribution in [0.2, 0.25) is 0 Å². The first-order valence-electron chi connectivity index (χ1n) is 8.07.